The van der Waals surface area contributed by atoms with Crippen molar-refractivity contribution < 1.29 is 22.4 Å². The highest BCUT2D eigenvalue weighted by Crippen LogP contribution is 2.36. The predicted octanol–water partition coefficient (Wildman–Crippen LogP) is 5.13. The average molecular weight is 459 g/mol. The van der Waals surface area contributed by atoms with Crippen LogP contribution in [0.25, 0.3) is 11.5 Å². The van der Waals surface area contributed by atoms with E-state index in [9.17, 15) is 18.0 Å². The summed E-state index contributed by atoms with van der Waals surface area (Å²) in [7, 11) is 1.63. The first-order chi connectivity index (χ1) is 14.1. The molecule has 1 aromatic heterocycles. The lowest BCUT2D eigenvalue weighted by Gasteiger charge is -2.15. The van der Waals surface area contributed by atoms with E-state index in [1.54, 1.807) is 36.2 Å². The minimum atomic E-state index is -4.62. The number of aromatic nitrogens is 2. The zero-order valence-corrected chi connectivity index (χ0v) is 17.0. The van der Waals surface area contributed by atoms with Crippen LogP contribution < -0.4 is 5.32 Å². The van der Waals surface area contributed by atoms with Crippen molar-refractivity contribution in [1.29, 1.82) is 0 Å². The lowest BCUT2D eigenvalue weighted by molar-refractivity contribution is -0.137. The van der Waals surface area contributed by atoms with Crippen LogP contribution in [0.4, 0.5) is 18.9 Å². The van der Waals surface area contributed by atoms with Gasteiger partial charge in [-0.25, -0.2) is 0 Å². The highest BCUT2D eigenvalue weighted by molar-refractivity contribution is 6.31. The molecule has 1 amide bonds. The molecule has 6 nitrogen and oxygen atoms in total. The molecule has 2 aromatic carbocycles. The van der Waals surface area contributed by atoms with E-state index in [1.165, 1.54) is 6.07 Å². The van der Waals surface area contributed by atoms with Crippen molar-refractivity contribution in [3.05, 3.63) is 64.0 Å². The van der Waals surface area contributed by atoms with E-state index in [4.69, 9.17) is 27.6 Å². The van der Waals surface area contributed by atoms with Gasteiger partial charge in [-0.15, -0.1) is 10.2 Å². The third-order valence-corrected chi connectivity index (χ3v) is 4.51. The summed E-state index contributed by atoms with van der Waals surface area (Å²) < 4.78 is 44.4. The Hall–Kier alpha value is -2.62. The molecular formula is C19H15Cl2F3N4O2. The average Bonchev–Trinajstić information content (AvgIpc) is 3.11. The van der Waals surface area contributed by atoms with Crippen molar-refractivity contribution in [2.75, 3.05) is 18.9 Å². The minimum absolute atomic E-state index is 0.00654. The molecule has 0 aliphatic heterocycles. The Morgan fingerprint density at radius 3 is 2.50 bits per heavy atom. The Labute approximate surface area is 179 Å². The second-order valence-corrected chi connectivity index (χ2v) is 7.26. The van der Waals surface area contributed by atoms with Crippen molar-refractivity contribution >= 4 is 34.8 Å². The van der Waals surface area contributed by atoms with Gasteiger partial charge in [0.05, 0.1) is 23.7 Å². The summed E-state index contributed by atoms with van der Waals surface area (Å²) in [4.78, 5) is 13.7. The van der Waals surface area contributed by atoms with E-state index >= 15 is 0 Å². The molecule has 1 heterocycles. The summed E-state index contributed by atoms with van der Waals surface area (Å²) in [5, 5.41) is 10.4. The molecule has 158 valence electrons. The highest BCUT2D eigenvalue weighted by atomic mass is 35.5. The summed E-state index contributed by atoms with van der Waals surface area (Å²) in [5.41, 5.74) is -0.328. The zero-order chi connectivity index (χ0) is 21.9. The molecule has 30 heavy (non-hydrogen) atoms. The Balaban J connectivity index is 1.58. The van der Waals surface area contributed by atoms with E-state index in [0.29, 0.717) is 16.5 Å². The number of likely N-dealkylation sites (N-methyl/N-ethyl adjacent to an activating group) is 1. The van der Waals surface area contributed by atoms with Gasteiger partial charge in [-0.2, -0.15) is 13.2 Å². The number of halogens is 5. The summed E-state index contributed by atoms with van der Waals surface area (Å²) in [5.74, 6) is 0.0758. The van der Waals surface area contributed by atoms with Crippen LogP contribution in [0.5, 0.6) is 0 Å². The number of alkyl halides is 3. The van der Waals surface area contributed by atoms with Crippen LogP contribution in [0.3, 0.4) is 0 Å². The normalized spacial score (nSPS) is 11.7. The van der Waals surface area contributed by atoms with Crippen LogP contribution in [0.1, 0.15) is 11.5 Å². The first-order valence-electron chi connectivity index (χ1n) is 8.55. The van der Waals surface area contributed by atoms with Crippen molar-refractivity contribution in [2.24, 2.45) is 0 Å². The standard InChI is InChI=1S/C19H15Cl2F3N4O2/c1-28(10-17-26-27-18(30-17)11-2-4-12(20)5-3-11)9-16(29)25-13-6-7-15(21)14(8-13)19(22,23)24/h2-8H,9-10H2,1H3,(H,25,29). The van der Waals surface area contributed by atoms with Gasteiger partial charge in [0, 0.05) is 16.3 Å². The number of nitrogens with zero attached hydrogens (tertiary/aromatic N) is 3. The molecule has 0 spiro atoms. The van der Waals surface area contributed by atoms with Crippen molar-refractivity contribution in [2.45, 2.75) is 12.7 Å². The summed E-state index contributed by atoms with van der Waals surface area (Å²) in [6, 6.07) is 10.0. The number of nitrogens with one attached hydrogen (secondary N) is 1. The topological polar surface area (TPSA) is 71.3 Å². The number of hydrogen-bond donors (Lipinski definition) is 1. The lowest BCUT2D eigenvalue weighted by atomic mass is 10.2. The molecule has 11 heteroatoms. The summed E-state index contributed by atoms with van der Waals surface area (Å²) >= 11 is 11.4. The van der Waals surface area contributed by atoms with Gasteiger partial charge in [0.15, 0.2) is 0 Å². The SMILES string of the molecule is CN(CC(=O)Nc1ccc(Cl)c(C(F)(F)F)c1)Cc1nnc(-c2ccc(Cl)cc2)o1. The number of rotatable bonds is 6. The maximum atomic E-state index is 12.9. The van der Waals surface area contributed by atoms with Crippen LogP contribution in [0, 0.1) is 0 Å². The Morgan fingerprint density at radius 2 is 1.83 bits per heavy atom. The Morgan fingerprint density at radius 1 is 1.13 bits per heavy atom. The van der Waals surface area contributed by atoms with Crippen LogP contribution in [0.2, 0.25) is 10.0 Å². The molecule has 3 rings (SSSR count). The number of anilines is 1. The number of carbonyl (C=O) groups excluding carboxylic acids is 1. The third-order valence-electron chi connectivity index (χ3n) is 3.93. The largest absolute Gasteiger partial charge is 0.419 e. The molecule has 0 aliphatic carbocycles. The number of carbonyl (C=O) groups is 1. The van der Waals surface area contributed by atoms with Gasteiger partial charge in [-0.05, 0) is 49.5 Å². The Kier molecular flexibility index (Phi) is 6.64. The van der Waals surface area contributed by atoms with Gasteiger partial charge in [0.2, 0.25) is 17.7 Å². The predicted molar refractivity (Wildman–Crippen MR) is 106 cm³/mol. The van der Waals surface area contributed by atoms with Crippen LogP contribution in [-0.4, -0.2) is 34.6 Å². The lowest BCUT2D eigenvalue weighted by Crippen LogP contribution is -2.30. The van der Waals surface area contributed by atoms with Crippen molar-refractivity contribution in [1.82, 2.24) is 15.1 Å². The van der Waals surface area contributed by atoms with Crippen molar-refractivity contribution in [3.63, 3.8) is 0 Å². The zero-order valence-electron chi connectivity index (χ0n) is 15.5. The molecule has 0 saturated heterocycles. The quantitative estimate of drug-likeness (QED) is 0.554. The molecule has 0 bridgehead atoms. The van der Waals surface area contributed by atoms with E-state index < -0.39 is 22.7 Å². The van der Waals surface area contributed by atoms with Gasteiger partial charge in [-0.1, -0.05) is 23.2 Å². The fourth-order valence-corrected chi connectivity index (χ4v) is 2.93. The maximum absolute atomic E-state index is 12.9. The molecular weight excluding hydrogens is 444 g/mol. The van der Waals surface area contributed by atoms with Gasteiger partial charge in [0.25, 0.3) is 0 Å². The molecule has 0 fully saturated rings. The maximum Gasteiger partial charge on any atom is 0.417 e. The van der Waals surface area contributed by atoms with Gasteiger partial charge >= 0.3 is 6.18 Å². The molecule has 1 N–H and O–H groups in total. The first kappa shape index (κ1) is 22.1. The van der Waals surface area contributed by atoms with Gasteiger partial charge in [-0.3, -0.25) is 9.69 Å². The van der Waals surface area contributed by atoms with E-state index in [2.05, 4.69) is 15.5 Å². The van der Waals surface area contributed by atoms with Crippen LogP contribution >= 0.6 is 23.2 Å². The van der Waals surface area contributed by atoms with Crippen LogP contribution in [0.15, 0.2) is 46.9 Å². The summed E-state index contributed by atoms with van der Waals surface area (Å²) in [6.45, 7) is 0.0606. The fraction of sp³-hybridized carbons (Fsp3) is 0.211. The molecule has 0 aliphatic rings. The number of amides is 1. The molecule has 0 unspecified atom stereocenters. The van der Waals surface area contributed by atoms with Crippen molar-refractivity contribution in [3.8, 4) is 11.5 Å². The smallest absolute Gasteiger partial charge is 0.417 e. The van der Waals surface area contributed by atoms with E-state index in [0.717, 1.165) is 12.1 Å². The Bertz CT molecular complexity index is 1040. The second-order valence-electron chi connectivity index (χ2n) is 6.42. The number of benzene rings is 2. The van der Waals surface area contributed by atoms with Gasteiger partial charge in [0.1, 0.15) is 0 Å². The first-order valence-corrected chi connectivity index (χ1v) is 9.31. The highest BCUT2D eigenvalue weighted by Gasteiger charge is 2.33. The summed E-state index contributed by atoms with van der Waals surface area (Å²) in [6.07, 6.45) is -4.62. The third kappa shape index (κ3) is 5.71. The monoisotopic (exact) mass is 458 g/mol. The minimum Gasteiger partial charge on any atom is -0.419 e. The van der Waals surface area contributed by atoms with Crippen LogP contribution in [-0.2, 0) is 17.5 Å². The molecule has 0 saturated carbocycles. The van der Waals surface area contributed by atoms with E-state index in [1.807, 2.05) is 0 Å². The fourth-order valence-electron chi connectivity index (χ4n) is 2.58. The number of hydrogen-bond acceptors (Lipinski definition) is 5. The molecule has 0 radical (unpaired) electrons. The van der Waals surface area contributed by atoms with Gasteiger partial charge < -0.3 is 9.73 Å². The van der Waals surface area contributed by atoms with E-state index in [-0.39, 0.29) is 24.7 Å². The molecule has 3 aromatic rings. The molecule has 0 atom stereocenters. The second kappa shape index (κ2) is 9.03.